The fraction of sp³-hybridized carbons (Fsp3) is 0.857. The number of hydrogen-bond donors (Lipinski definition) is 2. The molecule has 20 heavy (non-hydrogen) atoms. The van der Waals surface area contributed by atoms with Crippen molar-refractivity contribution >= 4 is 12.0 Å². The SMILES string of the molecule is CCN(CC1CCC1)C(=O)NC(CCCOC)C(=O)O. The van der Waals surface area contributed by atoms with Crippen molar-refractivity contribution in [2.45, 2.75) is 45.1 Å². The first kappa shape index (κ1) is 16.8. The Morgan fingerprint density at radius 3 is 2.60 bits per heavy atom. The smallest absolute Gasteiger partial charge is 0.326 e. The number of carbonyl (C=O) groups is 2. The first-order chi connectivity index (χ1) is 9.58. The number of carboxylic acid groups (broad SMARTS) is 1. The lowest BCUT2D eigenvalue weighted by atomic mass is 9.85. The van der Waals surface area contributed by atoms with Crippen LogP contribution in [0.2, 0.25) is 0 Å². The summed E-state index contributed by atoms with van der Waals surface area (Å²) in [6.07, 6.45) is 4.57. The van der Waals surface area contributed by atoms with Gasteiger partial charge in [-0.05, 0) is 38.5 Å². The second-order valence-electron chi connectivity index (χ2n) is 5.31. The van der Waals surface area contributed by atoms with Gasteiger partial charge in [0.25, 0.3) is 0 Å². The minimum atomic E-state index is -0.992. The van der Waals surface area contributed by atoms with E-state index in [0.717, 1.165) is 6.54 Å². The van der Waals surface area contributed by atoms with Crippen LogP contribution in [0.1, 0.15) is 39.0 Å². The molecule has 1 unspecified atom stereocenters. The van der Waals surface area contributed by atoms with Gasteiger partial charge < -0.3 is 20.1 Å². The Hall–Kier alpha value is -1.30. The summed E-state index contributed by atoms with van der Waals surface area (Å²) < 4.78 is 4.90. The molecule has 2 amide bonds. The lowest BCUT2D eigenvalue weighted by Crippen LogP contribution is -2.49. The number of ether oxygens (including phenoxy) is 1. The van der Waals surface area contributed by atoms with E-state index in [1.54, 1.807) is 12.0 Å². The number of amides is 2. The Morgan fingerprint density at radius 1 is 1.45 bits per heavy atom. The van der Waals surface area contributed by atoms with Crippen molar-refractivity contribution in [3.63, 3.8) is 0 Å². The minimum absolute atomic E-state index is 0.274. The van der Waals surface area contributed by atoms with Crippen LogP contribution >= 0.6 is 0 Å². The molecule has 0 aromatic heterocycles. The van der Waals surface area contributed by atoms with E-state index in [-0.39, 0.29) is 6.03 Å². The maximum absolute atomic E-state index is 12.1. The van der Waals surface area contributed by atoms with Gasteiger partial charge in [0.1, 0.15) is 6.04 Å². The van der Waals surface area contributed by atoms with Gasteiger partial charge in [0.05, 0.1) is 0 Å². The Balaban J connectivity index is 2.42. The van der Waals surface area contributed by atoms with Gasteiger partial charge in [0, 0.05) is 26.8 Å². The minimum Gasteiger partial charge on any atom is -0.480 e. The molecule has 1 aliphatic rings. The average Bonchev–Trinajstić information content (AvgIpc) is 2.36. The van der Waals surface area contributed by atoms with Crippen LogP contribution in [0.5, 0.6) is 0 Å². The number of rotatable bonds is 9. The van der Waals surface area contributed by atoms with Crippen molar-refractivity contribution in [2.75, 3.05) is 26.8 Å². The maximum Gasteiger partial charge on any atom is 0.326 e. The third-order valence-electron chi connectivity index (χ3n) is 3.81. The average molecular weight is 286 g/mol. The number of nitrogens with one attached hydrogen (secondary N) is 1. The highest BCUT2D eigenvalue weighted by Crippen LogP contribution is 2.27. The van der Waals surface area contributed by atoms with Crippen LogP contribution in [-0.2, 0) is 9.53 Å². The van der Waals surface area contributed by atoms with Gasteiger partial charge in [0.15, 0.2) is 0 Å². The van der Waals surface area contributed by atoms with Crippen molar-refractivity contribution in [3.05, 3.63) is 0 Å². The zero-order chi connectivity index (χ0) is 15.0. The fourth-order valence-electron chi connectivity index (χ4n) is 2.27. The summed E-state index contributed by atoms with van der Waals surface area (Å²) in [5, 5.41) is 11.8. The number of aliphatic carboxylic acids is 1. The van der Waals surface area contributed by atoms with E-state index in [1.807, 2.05) is 6.92 Å². The predicted molar refractivity (Wildman–Crippen MR) is 75.7 cm³/mol. The van der Waals surface area contributed by atoms with Crippen LogP contribution < -0.4 is 5.32 Å². The molecule has 0 aromatic carbocycles. The molecular weight excluding hydrogens is 260 g/mol. The fourth-order valence-corrected chi connectivity index (χ4v) is 2.27. The van der Waals surface area contributed by atoms with Gasteiger partial charge in [-0.25, -0.2) is 9.59 Å². The van der Waals surface area contributed by atoms with Crippen molar-refractivity contribution in [1.29, 1.82) is 0 Å². The van der Waals surface area contributed by atoms with Crippen LogP contribution in [0.15, 0.2) is 0 Å². The molecule has 0 aromatic rings. The van der Waals surface area contributed by atoms with Crippen molar-refractivity contribution in [3.8, 4) is 0 Å². The van der Waals surface area contributed by atoms with Crippen LogP contribution in [0.25, 0.3) is 0 Å². The molecule has 1 aliphatic carbocycles. The van der Waals surface area contributed by atoms with E-state index in [9.17, 15) is 9.59 Å². The van der Waals surface area contributed by atoms with Gasteiger partial charge in [0.2, 0.25) is 0 Å². The number of carboxylic acids is 1. The summed E-state index contributed by atoms with van der Waals surface area (Å²) >= 11 is 0. The molecule has 1 saturated carbocycles. The molecule has 0 saturated heterocycles. The highest BCUT2D eigenvalue weighted by molar-refractivity contribution is 5.82. The van der Waals surface area contributed by atoms with Crippen molar-refractivity contribution in [1.82, 2.24) is 10.2 Å². The lowest BCUT2D eigenvalue weighted by Gasteiger charge is -2.32. The number of methoxy groups -OCH3 is 1. The van der Waals surface area contributed by atoms with E-state index < -0.39 is 12.0 Å². The van der Waals surface area contributed by atoms with E-state index in [2.05, 4.69) is 5.32 Å². The third-order valence-corrected chi connectivity index (χ3v) is 3.81. The Bertz CT molecular complexity index is 318. The number of urea groups is 1. The second kappa shape index (κ2) is 8.79. The van der Waals surface area contributed by atoms with Gasteiger partial charge in [-0.3, -0.25) is 0 Å². The molecule has 1 rings (SSSR count). The van der Waals surface area contributed by atoms with E-state index in [1.165, 1.54) is 19.3 Å². The van der Waals surface area contributed by atoms with Gasteiger partial charge in [-0.2, -0.15) is 0 Å². The van der Waals surface area contributed by atoms with E-state index in [4.69, 9.17) is 9.84 Å². The number of carbonyl (C=O) groups excluding carboxylic acids is 1. The third kappa shape index (κ3) is 5.36. The van der Waals surface area contributed by atoms with Crippen LogP contribution in [0.4, 0.5) is 4.79 Å². The molecule has 0 heterocycles. The van der Waals surface area contributed by atoms with Crippen molar-refractivity contribution in [2.24, 2.45) is 5.92 Å². The summed E-state index contributed by atoms with van der Waals surface area (Å²) in [5.74, 6) is -0.411. The summed E-state index contributed by atoms with van der Waals surface area (Å²) in [4.78, 5) is 25.0. The zero-order valence-electron chi connectivity index (χ0n) is 12.4. The van der Waals surface area contributed by atoms with Gasteiger partial charge in [-0.1, -0.05) is 6.42 Å². The molecule has 116 valence electrons. The van der Waals surface area contributed by atoms with E-state index in [0.29, 0.717) is 31.9 Å². The number of hydrogen-bond acceptors (Lipinski definition) is 3. The molecule has 0 bridgehead atoms. The molecule has 1 fully saturated rings. The monoisotopic (exact) mass is 286 g/mol. The summed E-state index contributed by atoms with van der Waals surface area (Å²) in [6.45, 7) is 3.75. The first-order valence-electron chi connectivity index (χ1n) is 7.35. The van der Waals surface area contributed by atoms with Gasteiger partial charge >= 0.3 is 12.0 Å². The molecule has 0 radical (unpaired) electrons. The Kier molecular flexibility index (Phi) is 7.36. The normalized spacial score (nSPS) is 16.3. The van der Waals surface area contributed by atoms with Crippen molar-refractivity contribution < 1.29 is 19.4 Å². The molecule has 1 atom stereocenters. The second-order valence-corrected chi connectivity index (χ2v) is 5.31. The Morgan fingerprint density at radius 2 is 2.15 bits per heavy atom. The van der Waals surface area contributed by atoms with Gasteiger partial charge in [-0.15, -0.1) is 0 Å². The van der Waals surface area contributed by atoms with E-state index >= 15 is 0 Å². The predicted octanol–water partition coefficient (Wildman–Crippen LogP) is 1.70. The summed E-state index contributed by atoms with van der Waals surface area (Å²) in [6, 6.07) is -1.11. The largest absolute Gasteiger partial charge is 0.480 e. The topological polar surface area (TPSA) is 78.9 Å². The lowest BCUT2D eigenvalue weighted by molar-refractivity contribution is -0.139. The summed E-state index contributed by atoms with van der Waals surface area (Å²) in [5.41, 5.74) is 0. The summed E-state index contributed by atoms with van der Waals surface area (Å²) in [7, 11) is 1.58. The highest BCUT2D eigenvalue weighted by atomic mass is 16.5. The van der Waals surface area contributed by atoms with Crippen LogP contribution in [0.3, 0.4) is 0 Å². The van der Waals surface area contributed by atoms with Crippen LogP contribution in [0, 0.1) is 5.92 Å². The quantitative estimate of drug-likeness (QED) is 0.632. The molecule has 6 heteroatoms. The van der Waals surface area contributed by atoms with Crippen LogP contribution in [-0.4, -0.2) is 54.9 Å². The standard InChI is InChI=1S/C14H26N2O4/c1-3-16(10-11-6-4-7-11)14(19)15-12(13(17)18)8-5-9-20-2/h11-12H,3-10H2,1-2H3,(H,15,19)(H,17,18). The number of nitrogens with zero attached hydrogens (tertiary/aromatic N) is 1. The Labute approximate surface area is 120 Å². The highest BCUT2D eigenvalue weighted by Gasteiger charge is 2.26. The zero-order valence-corrected chi connectivity index (χ0v) is 12.4. The molecule has 0 spiro atoms. The molecule has 0 aliphatic heterocycles. The molecular formula is C14H26N2O4. The molecule has 6 nitrogen and oxygen atoms in total. The maximum atomic E-state index is 12.1. The molecule has 2 N–H and O–H groups in total. The first-order valence-corrected chi connectivity index (χ1v) is 7.35.